The SMILES string of the molecule is C=C/C(=C(\C=C\Nc1ccc2n(c1=O)C(c1ccc(F)cc1)CCC2)OC)n1cnc(C)c1. The van der Waals surface area contributed by atoms with E-state index in [9.17, 15) is 9.18 Å². The topological polar surface area (TPSA) is 61.1 Å². The highest BCUT2D eigenvalue weighted by molar-refractivity contribution is 5.62. The summed E-state index contributed by atoms with van der Waals surface area (Å²) < 4.78 is 22.6. The molecular formula is C26H27FN4O2. The average molecular weight is 447 g/mol. The van der Waals surface area contributed by atoms with Crippen molar-refractivity contribution in [2.24, 2.45) is 0 Å². The summed E-state index contributed by atoms with van der Waals surface area (Å²) >= 11 is 0. The Balaban J connectivity index is 1.63. The van der Waals surface area contributed by atoms with Crippen LogP contribution in [0.4, 0.5) is 10.1 Å². The number of aromatic nitrogens is 3. The fourth-order valence-electron chi connectivity index (χ4n) is 4.20. The third kappa shape index (κ3) is 4.67. The van der Waals surface area contributed by atoms with Crippen LogP contribution in [0.15, 0.2) is 84.4 Å². The van der Waals surface area contributed by atoms with Crippen LogP contribution in [0.25, 0.3) is 5.70 Å². The van der Waals surface area contributed by atoms with E-state index >= 15 is 0 Å². The molecule has 0 bridgehead atoms. The molecule has 0 radical (unpaired) electrons. The van der Waals surface area contributed by atoms with Crippen LogP contribution in [0.2, 0.25) is 0 Å². The highest BCUT2D eigenvalue weighted by atomic mass is 19.1. The lowest BCUT2D eigenvalue weighted by Gasteiger charge is -2.28. The Labute approximate surface area is 192 Å². The Hall–Kier alpha value is -3.87. The van der Waals surface area contributed by atoms with Gasteiger partial charge in [-0.15, -0.1) is 0 Å². The number of hydrogen-bond acceptors (Lipinski definition) is 4. The van der Waals surface area contributed by atoms with Crippen LogP contribution in [0.1, 0.15) is 35.8 Å². The standard InChI is InChI=1S/C26H27FN4O2/c1-4-23(30-16-18(2)29-17-30)25(33-3)14-15-28-22-13-12-21-6-5-7-24(31(21)26(22)32)19-8-10-20(27)11-9-19/h4,8-17,24,28H,1,5-7H2,2-3H3/b15-14+,25-23-. The minimum absolute atomic E-state index is 0.108. The lowest BCUT2D eigenvalue weighted by molar-refractivity contribution is 0.307. The Morgan fingerprint density at radius 1 is 1.27 bits per heavy atom. The van der Waals surface area contributed by atoms with Crippen molar-refractivity contribution in [3.8, 4) is 0 Å². The number of pyridine rings is 1. The summed E-state index contributed by atoms with van der Waals surface area (Å²) in [6.45, 7) is 5.78. The molecular weight excluding hydrogens is 419 g/mol. The number of aryl methyl sites for hydroxylation is 2. The summed E-state index contributed by atoms with van der Waals surface area (Å²) in [5, 5.41) is 3.10. The fraction of sp³-hybridized carbons (Fsp3) is 0.231. The lowest BCUT2D eigenvalue weighted by atomic mass is 9.95. The predicted octanol–water partition coefficient (Wildman–Crippen LogP) is 5.04. The van der Waals surface area contributed by atoms with E-state index in [1.54, 1.807) is 50.0 Å². The third-order valence-corrected chi connectivity index (χ3v) is 5.81. The molecule has 4 rings (SSSR count). The smallest absolute Gasteiger partial charge is 0.274 e. The molecule has 0 aliphatic carbocycles. The second-order valence-electron chi connectivity index (χ2n) is 7.93. The Morgan fingerprint density at radius 3 is 2.73 bits per heavy atom. The number of nitrogens with one attached hydrogen (secondary N) is 1. The van der Waals surface area contributed by atoms with Gasteiger partial charge in [0.05, 0.1) is 30.9 Å². The van der Waals surface area contributed by atoms with Crippen LogP contribution in [0.3, 0.4) is 0 Å². The van der Waals surface area contributed by atoms with Crippen LogP contribution in [0, 0.1) is 12.7 Å². The second kappa shape index (κ2) is 9.73. The number of allylic oxidation sites excluding steroid dienone is 3. The van der Waals surface area contributed by atoms with Crippen molar-refractivity contribution in [1.82, 2.24) is 14.1 Å². The summed E-state index contributed by atoms with van der Waals surface area (Å²) in [4.78, 5) is 17.6. The van der Waals surface area contributed by atoms with Gasteiger partial charge >= 0.3 is 0 Å². The molecule has 1 unspecified atom stereocenters. The van der Waals surface area contributed by atoms with E-state index in [1.165, 1.54) is 12.1 Å². The highest BCUT2D eigenvalue weighted by Crippen LogP contribution is 2.30. The van der Waals surface area contributed by atoms with Crippen molar-refractivity contribution >= 4 is 11.4 Å². The predicted molar refractivity (Wildman–Crippen MR) is 128 cm³/mol. The molecule has 6 nitrogen and oxygen atoms in total. The molecule has 1 N–H and O–H groups in total. The van der Waals surface area contributed by atoms with Gasteiger partial charge < -0.3 is 19.2 Å². The maximum absolute atomic E-state index is 13.4. The van der Waals surface area contributed by atoms with Gasteiger partial charge in [0.1, 0.15) is 17.3 Å². The second-order valence-corrected chi connectivity index (χ2v) is 7.93. The van der Waals surface area contributed by atoms with Crippen molar-refractivity contribution < 1.29 is 9.13 Å². The molecule has 170 valence electrons. The van der Waals surface area contributed by atoms with Gasteiger partial charge in [-0.25, -0.2) is 9.37 Å². The summed E-state index contributed by atoms with van der Waals surface area (Å²) in [7, 11) is 1.58. The van der Waals surface area contributed by atoms with E-state index in [1.807, 2.05) is 28.3 Å². The van der Waals surface area contributed by atoms with Crippen molar-refractivity contribution in [2.45, 2.75) is 32.2 Å². The van der Waals surface area contributed by atoms with Crippen molar-refractivity contribution in [2.75, 3.05) is 12.4 Å². The number of imidazole rings is 1. The molecule has 1 aliphatic rings. The van der Waals surface area contributed by atoms with Crippen molar-refractivity contribution in [3.63, 3.8) is 0 Å². The van der Waals surface area contributed by atoms with Crippen LogP contribution in [-0.4, -0.2) is 21.2 Å². The van der Waals surface area contributed by atoms with E-state index in [-0.39, 0.29) is 17.4 Å². The zero-order chi connectivity index (χ0) is 23.4. The first-order valence-corrected chi connectivity index (χ1v) is 10.9. The van der Waals surface area contributed by atoms with Gasteiger partial charge in [-0.2, -0.15) is 0 Å². The summed E-state index contributed by atoms with van der Waals surface area (Å²) in [6, 6.07) is 10.1. The Bertz CT molecular complexity index is 1270. The first kappa shape index (κ1) is 22.3. The molecule has 0 fully saturated rings. The van der Waals surface area contributed by atoms with Gasteiger partial charge in [0, 0.05) is 18.1 Å². The molecule has 0 saturated heterocycles. The molecule has 1 aliphatic heterocycles. The van der Waals surface area contributed by atoms with Crippen molar-refractivity contribution in [1.29, 1.82) is 0 Å². The van der Waals surface area contributed by atoms with Gasteiger partial charge in [-0.3, -0.25) is 4.79 Å². The highest BCUT2D eigenvalue weighted by Gasteiger charge is 2.23. The van der Waals surface area contributed by atoms with E-state index in [0.29, 0.717) is 11.4 Å². The van der Waals surface area contributed by atoms with Gasteiger partial charge in [0.15, 0.2) is 0 Å². The molecule has 0 saturated carbocycles. The zero-order valence-corrected chi connectivity index (χ0v) is 18.8. The molecule has 2 aromatic heterocycles. The molecule has 0 spiro atoms. The normalized spacial score (nSPS) is 16.3. The number of benzene rings is 1. The van der Waals surface area contributed by atoms with Gasteiger partial charge in [0.25, 0.3) is 5.56 Å². The number of hydrogen-bond donors (Lipinski definition) is 1. The molecule has 1 atom stereocenters. The zero-order valence-electron chi connectivity index (χ0n) is 18.8. The van der Waals surface area contributed by atoms with E-state index in [0.717, 1.165) is 41.9 Å². The average Bonchev–Trinajstić information content (AvgIpc) is 3.26. The van der Waals surface area contributed by atoms with Gasteiger partial charge in [-0.05, 0) is 68.2 Å². The minimum atomic E-state index is -0.283. The molecule has 33 heavy (non-hydrogen) atoms. The Kier molecular flexibility index (Phi) is 6.58. The van der Waals surface area contributed by atoms with E-state index < -0.39 is 0 Å². The van der Waals surface area contributed by atoms with Gasteiger partial charge in [-0.1, -0.05) is 18.7 Å². The summed E-state index contributed by atoms with van der Waals surface area (Å²) in [5.74, 6) is 0.284. The molecule has 3 aromatic rings. The maximum atomic E-state index is 13.4. The largest absolute Gasteiger partial charge is 0.495 e. The van der Waals surface area contributed by atoms with E-state index in [2.05, 4.69) is 16.9 Å². The Morgan fingerprint density at radius 2 is 2.06 bits per heavy atom. The number of halogens is 1. The molecule has 1 aromatic carbocycles. The maximum Gasteiger partial charge on any atom is 0.274 e. The number of ether oxygens (including phenoxy) is 1. The molecule has 7 heteroatoms. The van der Waals surface area contributed by atoms with Crippen LogP contribution < -0.4 is 10.9 Å². The van der Waals surface area contributed by atoms with Crippen LogP contribution in [-0.2, 0) is 11.2 Å². The number of rotatable bonds is 7. The molecule has 3 heterocycles. The monoisotopic (exact) mass is 446 g/mol. The van der Waals surface area contributed by atoms with Crippen LogP contribution >= 0.6 is 0 Å². The molecule has 0 amide bonds. The minimum Gasteiger partial charge on any atom is -0.495 e. The fourth-order valence-corrected chi connectivity index (χ4v) is 4.20. The number of methoxy groups -OCH3 is 1. The summed E-state index contributed by atoms with van der Waals surface area (Å²) in [5.41, 5.74) is 3.88. The van der Waals surface area contributed by atoms with E-state index in [4.69, 9.17) is 4.74 Å². The lowest BCUT2D eigenvalue weighted by Crippen LogP contribution is -2.32. The van der Waals surface area contributed by atoms with Crippen LogP contribution in [0.5, 0.6) is 0 Å². The first-order chi connectivity index (χ1) is 16.0. The third-order valence-electron chi connectivity index (χ3n) is 5.81. The number of fused-ring (bicyclic) bond motifs is 1. The van der Waals surface area contributed by atoms with Gasteiger partial charge in [0.2, 0.25) is 0 Å². The number of anilines is 1. The van der Waals surface area contributed by atoms with Crippen molar-refractivity contribution in [3.05, 3.63) is 113 Å². The number of nitrogens with zero attached hydrogens (tertiary/aromatic N) is 3. The summed E-state index contributed by atoms with van der Waals surface area (Å²) in [6.07, 6.45) is 11.3. The quantitative estimate of drug-likeness (QED) is 0.408. The first-order valence-electron chi connectivity index (χ1n) is 10.9.